The molecule has 98 valence electrons. The fourth-order valence-electron chi connectivity index (χ4n) is 1.74. The van der Waals surface area contributed by atoms with Gasteiger partial charge in [-0.05, 0) is 29.7 Å². The van der Waals surface area contributed by atoms with Gasteiger partial charge in [0, 0.05) is 18.1 Å². The van der Waals surface area contributed by atoms with Crippen LogP contribution in [0.1, 0.15) is 27.2 Å². The van der Waals surface area contributed by atoms with Crippen molar-refractivity contribution in [2.75, 3.05) is 0 Å². The van der Waals surface area contributed by atoms with Gasteiger partial charge in [-0.3, -0.25) is 9.78 Å². The lowest BCUT2D eigenvalue weighted by Crippen LogP contribution is -2.24. The molecular formula is C15H15BrN2O. The van der Waals surface area contributed by atoms with E-state index in [4.69, 9.17) is 0 Å². The molecule has 0 atom stereocenters. The number of carbonyl (C=O) groups is 1. The van der Waals surface area contributed by atoms with Crippen LogP contribution in [0.4, 0.5) is 0 Å². The predicted octanol–water partition coefficient (Wildman–Crippen LogP) is 3.21. The molecule has 0 saturated carbocycles. The van der Waals surface area contributed by atoms with E-state index in [-0.39, 0.29) is 5.91 Å². The molecule has 0 saturated heterocycles. The SMILES string of the molecule is Cc1cccnc1C(=O)NCc1ccc(CBr)cc1. The molecule has 1 aromatic heterocycles. The number of halogens is 1. The first-order valence-electron chi connectivity index (χ1n) is 6.04. The first-order valence-corrected chi connectivity index (χ1v) is 7.16. The maximum absolute atomic E-state index is 12.0. The van der Waals surface area contributed by atoms with E-state index >= 15 is 0 Å². The number of hydrogen-bond donors (Lipinski definition) is 1. The van der Waals surface area contributed by atoms with E-state index in [0.717, 1.165) is 16.5 Å². The molecule has 0 fully saturated rings. The van der Waals surface area contributed by atoms with Crippen molar-refractivity contribution < 1.29 is 4.79 Å². The van der Waals surface area contributed by atoms with Crippen LogP contribution in [0.3, 0.4) is 0 Å². The number of hydrogen-bond acceptors (Lipinski definition) is 2. The summed E-state index contributed by atoms with van der Waals surface area (Å²) in [7, 11) is 0. The van der Waals surface area contributed by atoms with E-state index in [1.165, 1.54) is 5.56 Å². The zero-order valence-electron chi connectivity index (χ0n) is 10.7. The van der Waals surface area contributed by atoms with Crippen molar-refractivity contribution in [1.82, 2.24) is 10.3 Å². The van der Waals surface area contributed by atoms with Gasteiger partial charge in [0.25, 0.3) is 5.91 Å². The number of nitrogens with zero attached hydrogens (tertiary/aromatic N) is 1. The van der Waals surface area contributed by atoms with E-state index in [0.29, 0.717) is 12.2 Å². The Kier molecular flexibility index (Phi) is 4.68. The van der Waals surface area contributed by atoms with E-state index in [9.17, 15) is 4.79 Å². The van der Waals surface area contributed by atoms with Crippen molar-refractivity contribution in [3.63, 3.8) is 0 Å². The summed E-state index contributed by atoms with van der Waals surface area (Å²) in [6.45, 7) is 2.39. The predicted molar refractivity (Wildman–Crippen MR) is 79.2 cm³/mol. The molecule has 2 aromatic rings. The number of alkyl halides is 1. The Morgan fingerprint density at radius 2 is 1.89 bits per heavy atom. The Morgan fingerprint density at radius 1 is 1.21 bits per heavy atom. The van der Waals surface area contributed by atoms with Crippen LogP contribution in [0.5, 0.6) is 0 Å². The standard InChI is InChI=1S/C15H15BrN2O/c1-11-3-2-8-17-14(11)15(19)18-10-13-6-4-12(9-16)5-7-13/h2-8H,9-10H2,1H3,(H,18,19). The summed E-state index contributed by atoms with van der Waals surface area (Å²) < 4.78 is 0. The molecule has 1 amide bonds. The minimum Gasteiger partial charge on any atom is -0.347 e. The number of carbonyl (C=O) groups excluding carboxylic acids is 1. The molecule has 2 rings (SSSR count). The quantitative estimate of drug-likeness (QED) is 0.879. The molecule has 0 aliphatic heterocycles. The summed E-state index contributed by atoms with van der Waals surface area (Å²) in [5.41, 5.74) is 3.66. The number of benzene rings is 1. The van der Waals surface area contributed by atoms with Crippen LogP contribution < -0.4 is 5.32 Å². The number of nitrogens with one attached hydrogen (secondary N) is 1. The number of amides is 1. The molecule has 0 aliphatic rings. The largest absolute Gasteiger partial charge is 0.347 e. The fourth-order valence-corrected chi connectivity index (χ4v) is 2.11. The van der Waals surface area contributed by atoms with Gasteiger partial charge >= 0.3 is 0 Å². The minimum atomic E-state index is -0.136. The van der Waals surface area contributed by atoms with Crippen molar-refractivity contribution in [2.45, 2.75) is 18.8 Å². The van der Waals surface area contributed by atoms with Gasteiger partial charge in [-0.2, -0.15) is 0 Å². The second kappa shape index (κ2) is 6.48. The van der Waals surface area contributed by atoms with Crippen LogP contribution in [-0.2, 0) is 11.9 Å². The Labute approximate surface area is 121 Å². The first-order chi connectivity index (χ1) is 9.20. The van der Waals surface area contributed by atoms with Gasteiger partial charge in [-0.15, -0.1) is 0 Å². The number of pyridine rings is 1. The van der Waals surface area contributed by atoms with Gasteiger partial charge in [0.05, 0.1) is 0 Å². The van der Waals surface area contributed by atoms with Crippen molar-refractivity contribution in [1.29, 1.82) is 0 Å². The van der Waals surface area contributed by atoms with Gasteiger partial charge in [0.1, 0.15) is 5.69 Å². The number of rotatable bonds is 4. The number of aryl methyl sites for hydroxylation is 1. The van der Waals surface area contributed by atoms with Gasteiger partial charge < -0.3 is 5.32 Å². The molecule has 3 nitrogen and oxygen atoms in total. The highest BCUT2D eigenvalue weighted by Gasteiger charge is 2.09. The minimum absolute atomic E-state index is 0.136. The summed E-state index contributed by atoms with van der Waals surface area (Å²) in [5.74, 6) is -0.136. The van der Waals surface area contributed by atoms with Crippen LogP contribution in [0.2, 0.25) is 0 Å². The molecule has 0 bridgehead atoms. The first kappa shape index (κ1) is 13.7. The highest BCUT2D eigenvalue weighted by Crippen LogP contribution is 2.08. The summed E-state index contributed by atoms with van der Waals surface area (Å²) in [6, 6.07) is 11.8. The monoisotopic (exact) mass is 318 g/mol. The highest BCUT2D eigenvalue weighted by molar-refractivity contribution is 9.08. The Bertz CT molecular complexity index is 567. The second-order valence-electron chi connectivity index (χ2n) is 4.30. The van der Waals surface area contributed by atoms with Crippen LogP contribution >= 0.6 is 15.9 Å². The van der Waals surface area contributed by atoms with Gasteiger partial charge in [0.15, 0.2) is 0 Å². The average molecular weight is 319 g/mol. The Balaban J connectivity index is 1.98. The third-order valence-electron chi connectivity index (χ3n) is 2.85. The molecule has 0 unspecified atom stereocenters. The summed E-state index contributed by atoms with van der Waals surface area (Å²) in [4.78, 5) is 16.1. The van der Waals surface area contributed by atoms with Crippen molar-refractivity contribution in [2.24, 2.45) is 0 Å². The zero-order chi connectivity index (χ0) is 13.7. The number of aromatic nitrogens is 1. The van der Waals surface area contributed by atoms with Gasteiger partial charge in [0.2, 0.25) is 0 Å². The smallest absolute Gasteiger partial charge is 0.270 e. The molecule has 19 heavy (non-hydrogen) atoms. The molecule has 0 radical (unpaired) electrons. The third kappa shape index (κ3) is 3.64. The summed E-state index contributed by atoms with van der Waals surface area (Å²) in [6.07, 6.45) is 1.63. The lowest BCUT2D eigenvalue weighted by atomic mass is 10.1. The van der Waals surface area contributed by atoms with Crippen molar-refractivity contribution >= 4 is 21.8 Å². The normalized spacial score (nSPS) is 10.2. The van der Waals surface area contributed by atoms with E-state index in [1.807, 2.05) is 43.3 Å². The van der Waals surface area contributed by atoms with Crippen LogP contribution in [0.15, 0.2) is 42.6 Å². The maximum Gasteiger partial charge on any atom is 0.270 e. The van der Waals surface area contributed by atoms with Crippen LogP contribution in [-0.4, -0.2) is 10.9 Å². The van der Waals surface area contributed by atoms with Crippen molar-refractivity contribution in [3.05, 3.63) is 65.0 Å². The van der Waals surface area contributed by atoms with Crippen LogP contribution in [0.25, 0.3) is 0 Å². The van der Waals surface area contributed by atoms with Crippen molar-refractivity contribution in [3.8, 4) is 0 Å². The lowest BCUT2D eigenvalue weighted by molar-refractivity contribution is 0.0945. The molecule has 0 aliphatic carbocycles. The van der Waals surface area contributed by atoms with E-state index in [2.05, 4.69) is 26.2 Å². The van der Waals surface area contributed by atoms with E-state index < -0.39 is 0 Å². The third-order valence-corrected chi connectivity index (χ3v) is 3.50. The molecule has 1 heterocycles. The fraction of sp³-hybridized carbons (Fsp3) is 0.200. The summed E-state index contributed by atoms with van der Waals surface area (Å²) >= 11 is 3.40. The van der Waals surface area contributed by atoms with Gasteiger partial charge in [-0.25, -0.2) is 0 Å². The zero-order valence-corrected chi connectivity index (χ0v) is 12.3. The van der Waals surface area contributed by atoms with Crippen LogP contribution in [0, 0.1) is 6.92 Å². The summed E-state index contributed by atoms with van der Waals surface area (Å²) in [5, 5.41) is 3.72. The topological polar surface area (TPSA) is 42.0 Å². The lowest BCUT2D eigenvalue weighted by Gasteiger charge is -2.07. The van der Waals surface area contributed by atoms with Gasteiger partial charge in [-0.1, -0.05) is 46.3 Å². The second-order valence-corrected chi connectivity index (χ2v) is 4.86. The molecular weight excluding hydrogens is 304 g/mol. The molecule has 0 spiro atoms. The average Bonchev–Trinajstić information content (AvgIpc) is 2.46. The van der Waals surface area contributed by atoms with E-state index in [1.54, 1.807) is 6.20 Å². The molecule has 1 N–H and O–H groups in total. The maximum atomic E-state index is 12.0. The highest BCUT2D eigenvalue weighted by atomic mass is 79.9. The Morgan fingerprint density at radius 3 is 2.53 bits per heavy atom. The molecule has 4 heteroatoms. The molecule has 1 aromatic carbocycles. The Hall–Kier alpha value is -1.68.